The van der Waals surface area contributed by atoms with Crippen LogP contribution in [0.15, 0.2) is 0 Å². The van der Waals surface area contributed by atoms with Gasteiger partial charge in [-0.1, -0.05) is 20.8 Å². The van der Waals surface area contributed by atoms with Crippen LogP contribution in [0.5, 0.6) is 0 Å². The molecule has 0 aromatic rings. The van der Waals surface area contributed by atoms with Crippen LogP contribution in [0, 0.1) is 28.1 Å². The first kappa shape index (κ1) is 19.0. The van der Waals surface area contributed by atoms with E-state index in [1.807, 2.05) is 20.8 Å². The fourth-order valence-corrected chi connectivity index (χ4v) is 8.12. The Morgan fingerprint density at radius 2 is 1.70 bits per heavy atom. The van der Waals surface area contributed by atoms with Crippen molar-refractivity contribution in [2.45, 2.75) is 76.0 Å². The molecular weight excluding hydrogens is 400 g/mol. The van der Waals surface area contributed by atoms with Crippen molar-refractivity contribution in [1.82, 2.24) is 0 Å². The highest BCUT2D eigenvalue weighted by Gasteiger charge is 3.03. The van der Waals surface area contributed by atoms with E-state index in [9.17, 15) is 29.7 Å². The summed E-state index contributed by atoms with van der Waals surface area (Å²) in [6.07, 6.45) is -6.91. The minimum Gasteiger partial charge on any atom is -0.459 e. The van der Waals surface area contributed by atoms with Crippen LogP contribution in [0.25, 0.3) is 0 Å². The van der Waals surface area contributed by atoms with Gasteiger partial charge in [0.25, 0.3) is 0 Å². The van der Waals surface area contributed by atoms with Crippen LogP contribution < -0.4 is 0 Å². The Morgan fingerprint density at radius 3 is 2.33 bits per heavy atom. The minimum atomic E-state index is -2.24. The van der Waals surface area contributed by atoms with Crippen LogP contribution in [0.3, 0.4) is 0 Å². The van der Waals surface area contributed by atoms with Crippen LogP contribution in [-0.2, 0) is 33.3 Å². The Morgan fingerprint density at radius 1 is 1.03 bits per heavy atom. The van der Waals surface area contributed by atoms with Gasteiger partial charge in [0.1, 0.15) is 12.2 Å². The fourth-order valence-electron chi connectivity index (χ4n) is 8.12. The van der Waals surface area contributed by atoms with Crippen LogP contribution in [0.1, 0.15) is 34.1 Å². The lowest BCUT2D eigenvalue weighted by Crippen LogP contribution is -2.67. The summed E-state index contributed by atoms with van der Waals surface area (Å²) >= 11 is 0. The van der Waals surface area contributed by atoms with E-state index in [0.29, 0.717) is 0 Å². The molecule has 4 saturated heterocycles. The third-order valence-electron chi connectivity index (χ3n) is 9.00. The standard InChI is InChI=1S/C20H24O10/c1-6-12(23)28-11-9(21)18-8-5-7(16(2,3)4)17(18)10(22)13(24)29-15(17)30-20(18,14(25)27-8)19(6,11)26/h6-11,15,21-22,26H,5H2,1-4H3/t6-,7+,8-,9+,10+,11+,15+,17-,18+,19-,20-/m0/s1. The summed E-state index contributed by atoms with van der Waals surface area (Å²) in [7, 11) is 0. The molecule has 0 aromatic heterocycles. The predicted molar refractivity (Wildman–Crippen MR) is 92.0 cm³/mol. The van der Waals surface area contributed by atoms with E-state index in [2.05, 4.69) is 0 Å². The van der Waals surface area contributed by atoms with Crippen molar-refractivity contribution >= 4 is 17.9 Å². The van der Waals surface area contributed by atoms with Gasteiger partial charge in [0.05, 0.1) is 16.7 Å². The number of ether oxygens (including phenoxy) is 4. The zero-order valence-electron chi connectivity index (χ0n) is 16.9. The normalized spacial score (nSPS) is 60.1. The molecule has 10 nitrogen and oxygen atoms in total. The molecule has 0 bridgehead atoms. The number of carbonyl (C=O) groups excluding carboxylic acids is 3. The first-order valence-electron chi connectivity index (χ1n) is 10.2. The van der Waals surface area contributed by atoms with E-state index in [1.54, 1.807) is 0 Å². The fraction of sp³-hybridized carbons (Fsp3) is 0.850. The van der Waals surface area contributed by atoms with Crippen molar-refractivity contribution in [2.24, 2.45) is 28.1 Å². The van der Waals surface area contributed by atoms with Crippen molar-refractivity contribution in [3.63, 3.8) is 0 Å². The van der Waals surface area contributed by atoms with E-state index in [-0.39, 0.29) is 6.42 Å². The van der Waals surface area contributed by atoms with Gasteiger partial charge >= 0.3 is 17.9 Å². The highest BCUT2D eigenvalue weighted by molar-refractivity contribution is 5.94. The number of hydrogen-bond donors (Lipinski definition) is 3. The number of aliphatic hydroxyl groups is 3. The number of rotatable bonds is 0. The number of carbonyl (C=O) groups is 3. The van der Waals surface area contributed by atoms with Crippen molar-refractivity contribution in [3.05, 3.63) is 0 Å². The minimum absolute atomic E-state index is 0.229. The summed E-state index contributed by atoms with van der Waals surface area (Å²) in [6, 6.07) is 0. The van der Waals surface area contributed by atoms with E-state index in [1.165, 1.54) is 6.92 Å². The number of aliphatic hydroxyl groups excluding tert-OH is 2. The molecule has 2 spiro atoms. The maximum atomic E-state index is 13.4. The summed E-state index contributed by atoms with van der Waals surface area (Å²) in [4.78, 5) is 38.2. The molecule has 10 heteroatoms. The highest BCUT2D eigenvalue weighted by atomic mass is 16.8. The summed E-state index contributed by atoms with van der Waals surface area (Å²) < 4.78 is 22.5. The van der Waals surface area contributed by atoms with E-state index >= 15 is 0 Å². The van der Waals surface area contributed by atoms with Crippen molar-refractivity contribution < 1.29 is 48.7 Å². The molecule has 0 amide bonds. The molecule has 6 aliphatic rings. The van der Waals surface area contributed by atoms with E-state index in [0.717, 1.165) is 0 Å². The molecule has 30 heavy (non-hydrogen) atoms. The number of fused-ring (bicyclic) bond motifs is 1. The molecule has 6 rings (SSSR count). The first-order chi connectivity index (χ1) is 13.8. The maximum absolute atomic E-state index is 13.4. The predicted octanol–water partition coefficient (Wildman–Crippen LogP) is -1.37. The van der Waals surface area contributed by atoms with Crippen LogP contribution in [0.4, 0.5) is 0 Å². The Hall–Kier alpha value is -1.75. The SMILES string of the molecule is C[C@H]1C(=O)O[C@@H]2[C@@H](O)[C@]34[C@@H]5C[C@H](C(C)(C)C)[C@]36[C@H](OC(=O)[C@H]6O)O[C@]4(C(=O)O5)[C@@]21O. The smallest absolute Gasteiger partial charge is 0.343 e. The zero-order valence-corrected chi connectivity index (χ0v) is 16.9. The van der Waals surface area contributed by atoms with Crippen LogP contribution in [0.2, 0.25) is 0 Å². The summed E-state index contributed by atoms with van der Waals surface area (Å²) in [5, 5.41) is 34.7. The lowest BCUT2D eigenvalue weighted by atomic mass is 9.51. The molecule has 0 radical (unpaired) electrons. The molecule has 2 aliphatic carbocycles. The van der Waals surface area contributed by atoms with E-state index in [4.69, 9.17) is 18.9 Å². The lowest BCUT2D eigenvalue weighted by Gasteiger charge is -2.47. The van der Waals surface area contributed by atoms with Gasteiger partial charge in [-0.2, -0.15) is 0 Å². The van der Waals surface area contributed by atoms with Crippen molar-refractivity contribution in [2.75, 3.05) is 0 Å². The second-order valence-corrected chi connectivity index (χ2v) is 10.7. The second-order valence-electron chi connectivity index (χ2n) is 10.7. The summed E-state index contributed by atoms with van der Waals surface area (Å²) in [5.74, 6) is -4.32. The molecule has 0 unspecified atom stereocenters. The Labute approximate surface area is 171 Å². The highest BCUT2D eigenvalue weighted by Crippen LogP contribution is 2.84. The average molecular weight is 424 g/mol. The first-order valence-corrected chi connectivity index (χ1v) is 10.2. The van der Waals surface area contributed by atoms with Crippen molar-refractivity contribution in [3.8, 4) is 0 Å². The molecule has 2 saturated carbocycles. The monoisotopic (exact) mass is 424 g/mol. The Kier molecular flexibility index (Phi) is 2.97. The quantitative estimate of drug-likeness (QED) is 0.314. The van der Waals surface area contributed by atoms with Crippen LogP contribution in [-0.4, -0.2) is 75.1 Å². The molecule has 164 valence electrons. The second kappa shape index (κ2) is 4.69. The lowest BCUT2D eigenvalue weighted by molar-refractivity contribution is -0.239. The van der Waals surface area contributed by atoms with Gasteiger partial charge in [0.15, 0.2) is 17.8 Å². The topological polar surface area (TPSA) is 149 Å². The number of hydrogen-bond acceptors (Lipinski definition) is 10. The van der Waals surface area contributed by atoms with Gasteiger partial charge in [-0.15, -0.1) is 0 Å². The average Bonchev–Trinajstić information content (AvgIpc) is 3.35. The van der Waals surface area contributed by atoms with Gasteiger partial charge in [-0.3, -0.25) is 4.79 Å². The van der Waals surface area contributed by atoms with Gasteiger partial charge in [0, 0.05) is 0 Å². The largest absolute Gasteiger partial charge is 0.459 e. The van der Waals surface area contributed by atoms with Gasteiger partial charge in [0.2, 0.25) is 11.9 Å². The summed E-state index contributed by atoms with van der Waals surface area (Å²) in [5.41, 5.74) is -8.26. The van der Waals surface area contributed by atoms with E-state index < -0.39 is 87.9 Å². The zero-order chi connectivity index (χ0) is 21.8. The molecule has 11 atom stereocenters. The molecule has 6 fully saturated rings. The molecule has 3 N–H and O–H groups in total. The molecule has 4 aliphatic heterocycles. The van der Waals surface area contributed by atoms with Crippen molar-refractivity contribution in [1.29, 1.82) is 0 Å². The Balaban J connectivity index is 1.72. The number of esters is 3. The molecule has 4 heterocycles. The third kappa shape index (κ3) is 1.33. The Bertz CT molecular complexity index is 925. The van der Waals surface area contributed by atoms with Crippen LogP contribution >= 0.6 is 0 Å². The van der Waals surface area contributed by atoms with Gasteiger partial charge < -0.3 is 34.3 Å². The molecule has 0 aromatic carbocycles. The molecular formula is C20H24O10. The van der Waals surface area contributed by atoms with Gasteiger partial charge in [-0.25, -0.2) is 9.59 Å². The summed E-state index contributed by atoms with van der Waals surface area (Å²) in [6.45, 7) is 7.14. The van der Waals surface area contributed by atoms with Gasteiger partial charge in [-0.05, 0) is 24.7 Å². The third-order valence-corrected chi connectivity index (χ3v) is 9.00. The maximum Gasteiger partial charge on any atom is 0.343 e.